The van der Waals surface area contributed by atoms with Gasteiger partial charge in [-0.3, -0.25) is 4.79 Å². The predicted octanol–water partition coefficient (Wildman–Crippen LogP) is 6.33. The number of carbonyl (C=O) groups excluding carboxylic acids is 2. The number of rotatable bonds is 9. The van der Waals surface area contributed by atoms with Gasteiger partial charge in [-0.1, -0.05) is 24.3 Å². The molecule has 0 heterocycles. The summed E-state index contributed by atoms with van der Waals surface area (Å²) in [7, 11) is 1.30. The van der Waals surface area contributed by atoms with E-state index in [9.17, 15) is 14.0 Å². The highest BCUT2D eigenvalue weighted by atomic mass is 19.1. The fourth-order valence-corrected chi connectivity index (χ4v) is 3.25. The van der Waals surface area contributed by atoms with Crippen molar-refractivity contribution in [1.29, 1.82) is 0 Å². The molecule has 3 aromatic carbocycles. The first-order valence-corrected chi connectivity index (χ1v) is 11.4. The Morgan fingerprint density at radius 3 is 2.22 bits per heavy atom. The summed E-state index contributed by atoms with van der Waals surface area (Å²) in [6, 6.07) is 19.6. The van der Waals surface area contributed by atoms with E-state index in [1.54, 1.807) is 63.2 Å². The average molecular weight is 496 g/mol. The van der Waals surface area contributed by atoms with E-state index in [0.29, 0.717) is 29.4 Å². The quantitative estimate of drug-likeness (QED) is 0.350. The molecule has 0 saturated carbocycles. The lowest BCUT2D eigenvalue weighted by Gasteiger charge is -2.23. The molecular formula is C28H30FNO6. The van der Waals surface area contributed by atoms with Gasteiger partial charge in [-0.05, 0) is 80.4 Å². The van der Waals surface area contributed by atoms with Crippen molar-refractivity contribution in [1.82, 2.24) is 5.32 Å². The highest BCUT2D eigenvalue weighted by Gasteiger charge is 2.23. The summed E-state index contributed by atoms with van der Waals surface area (Å²) in [4.78, 5) is 24.1. The molecule has 0 aromatic heterocycles. The molecule has 8 heteroatoms. The van der Waals surface area contributed by atoms with Crippen LogP contribution < -0.4 is 14.8 Å². The topological polar surface area (TPSA) is 83.1 Å². The Kier molecular flexibility index (Phi) is 8.89. The zero-order valence-corrected chi connectivity index (χ0v) is 20.7. The van der Waals surface area contributed by atoms with Crippen LogP contribution in [0.5, 0.6) is 17.2 Å². The number of carbonyl (C=O) groups is 2. The van der Waals surface area contributed by atoms with Crippen molar-refractivity contribution in [3.8, 4) is 17.2 Å². The van der Waals surface area contributed by atoms with Crippen LogP contribution in [0.1, 0.15) is 44.4 Å². The van der Waals surface area contributed by atoms with Gasteiger partial charge >= 0.3 is 12.1 Å². The summed E-state index contributed by atoms with van der Waals surface area (Å²) < 4.78 is 34.8. The maximum atomic E-state index is 13.1. The molecule has 36 heavy (non-hydrogen) atoms. The smallest absolute Gasteiger partial charge is 0.408 e. The van der Waals surface area contributed by atoms with Crippen LogP contribution in [0, 0.1) is 5.82 Å². The van der Waals surface area contributed by atoms with Crippen molar-refractivity contribution in [2.75, 3.05) is 7.11 Å². The van der Waals surface area contributed by atoms with Crippen molar-refractivity contribution in [3.63, 3.8) is 0 Å². The van der Waals surface area contributed by atoms with Crippen LogP contribution in [0.15, 0.2) is 72.8 Å². The van der Waals surface area contributed by atoms with Gasteiger partial charge < -0.3 is 24.3 Å². The maximum Gasteiger partial charge on any atom is 0.408 e. The largest absolute Gasteiger partial charge is 0.489 e. The molecule has 7 nitrogen and oxygen atoms in total. The first-order valence-electron chi connectivity index (χ1n) is 11.4. The minimum atomic E-state index is -0.668. The molecule has 0 saturated heterocycles. The average Bonchev–Trinajstić information content (AvgIpc) is 2.83. The van der Waals surface area contributed by atoms with E-state index < -0.39 is 23.7 Å². The van der Waals surface area contributed by atoms with E-state index in [0.717, 1.165) is 5.56 Å². The molecule has 0 aliphatic carbocycles. The Morgan fingerprint density at radius 1 is 0.917 bits per heavy atom. The summed E-state index contributed by atoms with van der Waals surface area (Å²) in [6.45, 7) is 5.58. The SMILES string of the molecule is COC(=O)CC(NC(=O)OC(C)(C)C)c1ccc(OCc2cccc(Oc3ccc(F)cc3)c2)cc1. The summed E-state index contributed by atoms with van der Waals surface area (Å²) in [6.07, 6.45) is -0.670. The van der Waals surface area contributed by atoms with Crippen LogP contribution in [0.2, 0.25) is 0 Å². The van der Waals surface area contributed by atoms with Gasteiger partial charge in [0.05, 0.1) is 19.6 Å². The molecule has 0 fully saturated rings. The number of hydrogen-bond acceptors (Lipinski definition) is 6. The van der Waals surface area contributed by atoms with Gasteiger partial charge in [0.1, 0.15) is 35.3 Å². The Balaban J connectivity index is 1.62. The zero-order chi connectivity index (χ0) is 26.1. The van der Waals surface area contributed by atoms with E-state index in [1.165, 1.54) is 19.2 Å². The third-order valence-electron chi connectivity index (χ3n) is 4.93. The lowest BCUT2D eigenvalue weighted by molar-refractivity contribution is -0.141. The van der Waals surface area contributed by atoms with E-state index in [2.05, 4.69) is 5.32 Å². The van der Waals surface area contributed by atoms with E-state index >= 15 is 0 Å². The Bertz CT molecular complexity index is 1160. The molecule has 3 aromatic rings. The molecule has 190 valence electrons. The molecule has 1 N–H and O–H groups in total. The highest BCUT2D eigenvalue weighted by Crippen LogP contribution is 2.25. The number of benzene rings is 3. The second kappa shape index (κ2) is 12.1. The van der Waals surface area contributed by atoms with E-state index in [4.69, 9.17) is 18.9 Å². The summed E-state index contributed by atoms with van der Waals surface area (Å²) in [5.74, 6) is 0.966. The summed E-state index contributed by atoms with van der Waals surface area (Å²) in [5, 5.41) is 2.72. The van der Waals surface area contributed by atoms with Crippen molar-refractivity contribution in [2.24, 2.45) is 0 Å². The highest BCUT2D eigenvalue weighted by molar-refractivity contribution is 5.73. The number of nitrogens with one attached hydrogen (secondary N) is 1. The molecule has 1 amide bonds. The summed E-state index contributed by atoms with van der Waals surface area (Å²) >= 11 is 0. The van der Waals surface area contributed by atoms with E-state index in [1.807, 2.05) is 18.2 Å². The van der Waals surface area contributed by atoms with Gasteiger partial charge in [-0.25, -0.2) is 9.18 Å². The number of esters is 1. The second-order valence-electron chi connectivity index (χ2n) is 9.04. The summed E-state index contributed by atoms with van der Waals surface area (Å²) in [5.41, 5.74) is 0.918. The lowest BCUT2D eigenvalue weighted by atomic mass is 10.0. The molecule has 1 atom stereocenters. The van der Waals surface area contributed by atoms with Gasteiger partial charge in [0.15, 0.2) is 0 Å². The minimum Gasteiger partial charge on any atom is -0.489 e. The van der Waals surface area contributed by atoms with Crippen LogP contribution in [0.3, 0.4) is 0 Å². The van der Waals surface area contributed by atoms with E-state index in [-0.39, 0.29) is 12.2 Å². The van der Waals surface area contributed by atoms with Gasteiger partial charge in [0.2, 0.25) is 0 Å². The van der Waals surface area contributed by atoms with Crippen LogP contribution >= 0.6 is 0 Å². The van der Waals surface area contributed by atoms with Crippen LogP contribution in [-0.2, 0) is 20.9 Å². The minimum absolute atomic E-state index is 0.0448. The number of amides is 1. The third kappa shape index (κ3) is 8.61. The normalized spacial score (nSPS) is 11.8. The zero-order valence-electron chi connectivity index (χ0n) is 20.7. The molecule has 0 aliphatic rings. The van der Waals surface area contributed by atoms with Crippen LogP contribution in [0.25, 0.3) is 0 Å². The Hall–Kier alpha value is -4.07. The fourth-order valence-electron chi connectivity index (χ4n) is 3.25. The molecule has 0 spiro atoms. The van der Waals surface area contributed by atoms with Crippen molar-refractivity contribution >= 4 is 12.1 Å². The number of methoxy groups -OCH3 is 1. The molecule has 0 bridgehead atoms. The molecule has 3 rings (SSSR count). The molecular weight excluding hydrogens is 465 g/mol. The number of ether oxygens (including phenoxy) is 4. The number of hydrogen-bond donors (Lipinski definition) is 1. The molecule has 0 radical (unpaired) electrons. The monoisotopic (exact) mass is 495 g/mol. The Labute approximate surface area is 210 Å². The van der Waals surface area contributed by atoms with Gasteiger partial charge in [-0.15, -0.1) is 0 Å². The van der Waals surface area contributed by atoms with Crippen molar-refractivity contribution < 1.29 is 32.9 Å². The standard InChI is InChI=1S/C28H30FNO6/c1-28(2,3)36-27(32)30-25(17-26(31)33-4)20-8-12-22(13-9-20)34-18-19-6-5-7-24(16-19)35-23-14-10-21(29)11-15-23/h5-16,25H,17-18H2,1-4H3,(H,30,32). The number of halogens is 1. The van der Waals surface area contributed by atoms with Crippen molar-refractivity contribution in [2.45, 2.75) is 45.4 Å². The fraction of sp³-hybridized carbons (Fsp3) is 0.286. The third-order valence-corrected chi connectivity index (χ3v) is 4.93. The first-order chi connectivity index (χ1) is 17.1. The second-order valence-corrected chi connectivity index (χ2v) is 9.04. The van der Waals surface area contributed by atoms with Crippen LogP contribution in [-0.4, -0.2) is 24.8 Å². The predicted molar refractivity (Wildman–Crippen MR) is 132 cm³/mol. The lowest BCUT2D eigenvalue weighted by Crippen LogP contribution is -2.35. The van der Waals surface area contributed by atoms with Crippen LogP contribution in [0.4, 0.5) is 9.18 Å². The van der Waals surface area contributed by atoms with Gasteiger partial charge in [0.25, 0.3) is 0 Å². The number of alkyl carbamates (subject to hydrolysis) is 1. The molecule has 0 aliphatic heterocycles. The van der Waals surface area contributed by atoms with Gasteiger partial charge in [0, 0.05) is 0 Å². The maximum absolute atomic E-state index is 13.1. The molecule has 1 unspecified atom stereocenters. The van der Waals surface area contributed by atoms with Crippen molar-refractivity contribution in [3.05, 3.63) is 89.7 Å². The first kappa shape index (κ1) is 26.5. The van der Waals surface area contributed by atoms with Gasteiger partial charge in [-0.2, -0.15) is 0 Å². The Morgan fingerprint density at radius 2 is 1.58 bits per heavy atom.